The predicted molar refractivity (Wildman–Crippen MR) is 76.5 cm³/mol. The lowest BCUT2D eigenvalue weighted by Crippen LogP contribution is -2.17. The molecule has 0 radical (unpaired) electrons. The molecule has 4 heteroatoms. The Balaban J connectivity index is 2.16. The summed E-state index contributed by atoms with van der Waals surface area (Å²) in [5.74, 6) is 0. The van der Waals surface area contributed by atoms with Gasteiger partial charge in [-0.25, -0.2) is 0 Å². The largest absolute Gasteiger partial charge is 0.392 e. The van der Waals surface area contributed by atoms with Crippen LogP contribution in [0.5, 0.6) is 0 Å². The fraction of sp³-hybridized carbons (Fsp3) is 0.231. The fourth-order valence-electron chi connectivity index (χ4n) is 1.80. The number of nitrogens with zero attached hydrogens (tertiary/aromatic N) is 1. The number of aliphatic hydroxyl groups excluding tert-OH is 1. The molecule has 0 aliphatic rings. The Labute approximate surface area is 114 Å². The van der Waals surface area contributed by atoms with Gasteiger partial charge in [0, 0.05) is 24.8 Å². The topological polar surface area (TPSA) is 23.5 Å². The molecule has 1 heterocycles. The maximum atomic E-state index is 9.31. The summed E-state index contributed by atoms with van der Waals surface area (Å²) < 4.78 is 1.15. The minimum atomic E-state index is 0.0772. The van der Waals surface area contributed by atoms with Crippen LogP contribution in [-0.2, 0) is 13.2 Å². The van der Waals surface area contributed by atoms with E-state index in [9.17, 15) is 5.11 Å². The molecule has 1 N–H and O–H groups in total. The van der Waals surface area contributed by atoms with Gasteiger partial charge in [-0.1, -0.05) is 18.2 Å². The molecule has 17 heavy (non-hydrogen) atoms. The van der Waals surface area contributed by atoms with E-state index in [4.69, 9.17) is 0 Å². The van der Waals surface area contributed by atoms with E-state index in [1.165, 1.54) is 5.56 Å². The van der Waals surface area contributed by atoms with Gasteiger partial charge in [-0.2, -0.15) is 0 Å². The molecule has 90 valence electrons. The molecule has 1 aromatic carbocycles. The molecular formula is C13H14BrNOS. The number of rotatable bonds is 4. The number of hydrogen-bond acceptors (Lipinski definition) is 3. The van der Waals surface area contributed by atoms with E-state index < -0.39 is 0 Å². The Morgan fingerprint density at radius 2 is 2.12 bits per heavy atom. The Morgan fingerprint density at radius 1 is 1.35 bits per heavy atom. The average molecular weight is 312 g/mol. The number of benzene rings is 1. The Bertz CT molecular complexity index is 498. The summed E-state index contributed by atoms with van der Waals surface area (Å²) in [6.45, 7) is 0.924. The summed E-state index contributed by atoms with van der Waals surface area (Å²) in [5, 5.41) is 11.4. The standard InChI is InChI=1S/C13H14BrNOS/c1-15(7-10-6-13(14)17-9-10)12-5-3-2-4-11(12)8-16/h2-6,9,16H,7-8H2,1H3. The van der Waals surface area contributed by atoms with Crippen LogP contribution in [0.25, 0.3) is 0 Å². The highest BCUT2D eigenvalue weighted by atomic mass is 79.9. The number of anilines is 1. The molecule has 2 rings (SSSR count). The van der Waals surface area contributed by atoms with Crippen molar-refractivity contribution in [3.63, 3.8) is 0 Å². The number of aliphatic hydroxyl groups is 1. The van der Waals surface area contributed by atoms with Crippen molar-refractivity contribution in [2.45, 2.75) is 13.2 Å². The summed E-state index contributed by atoms with van der Waals surface area (Å²) in [5.41, 5.74) is 3.32. The lowest BCUT2D eigenvalue weighted by molar-refractivity contribution is 0.282. The normalized spacial score (nSPS) is 10.5. The molecule has 0 aliphatic heterocycles. The molecule has 0 saturated carbocycles. The van der Waals surface area contributed by atoms with Crippen LogP contribution in [0.1, 0.15) is 11.1 Å². The van der Waals surface area contributed by atoms with Gasteiger partial charge >= 0.3 is 0 Å². The molecular weight excluding hydrogens is 298 g/mol. The second-order valence-electron chi connectivity index (χ2n) is 3.90. The van der Waals surface area contributed by atoms with Crippen molar-refractivity contribution in [3.8, 4) is 0 Å². The first-order chi connectivity index (χ1) is 8.20. The third-order valence-electron chi connectivity index (χ3n) is 2.61. The Hall–Kier alpha value is -0.840. The Kier molecular flexibility index (Phi) is 4.20. The number of para-hydroxylation sites is 1. The van der Waals surface area contributed by atoms with Gasteiger partial charge in [-0.15, -0.1) is 11.3 Å². The molecule has 0 saturated heterocycles. The van der Waals surface area contributed by atoms with Crippen LogP contribution in [-0.4, -0.2) is 12.2 Å². The zero-order chi connectivity index (χ0) is 12.3. The molecule has 0 bridgehead atoms. The lowest BCUT2D eigenvalue weighted by atomic mass is 10.1. The van der Waals surface area contributed by atoms with E-state index in [-0.39, 0.29) is 6.61 Å². The Morgan fingerprint density at radius 3 is 2.76 bits per heavy atom. The average Bonchev–Trinajstić information content (AvgIpc) is 2.74. The molecule has 0 amide bonds. The fourth-order valence-corrected chi connectivity index (χ4v) is 3.01. The van der Waals surface area contributed by atoms with Crippen LogP contribution in [0.2, 0.25) is 0 Å². The van der Waals surface area contributed by atoms with Crippen molar-refractivity contribution >= 4 is 33.0 Å². The van der Waals surface area contributed by atoms with E-state index >= 15 is 0 Å². The minimum Gasteiger partial charge on any atom is -0.392 e. The summed E-state index contributed by atoms with van der Waals surface area (Å²) >= 11 is 5.16. The minimum absolute atomic E-state index is 0.0772. The van der Waals surface area contributed by atoms with E-state index in [1.54, 1.807) is 11.3 Å². The van der Waals surface area contributed by atoms with E-state index in [2.05, 4.69) is 32.3 Å². The summed E-state index contributed by atoms with van der Waals surface area (Å²) in [6, 6.07) is 10.1. The second-order valence-corrected chi connectivity index (χ2v) is 6.19. The number of hydrogen-bond donors (Lipinski definition) is 1. The third-order valence-corrected chi connectivity index (χ3v) is 4.17. The van der Waals surface area contributed by atoms with Crippen molar-refractivity contribution in [1.82, 2.24) is 0 Å². The zero-order valence-electron chi connectivity index (χ0n) is 9.56. The maximum Gasteiger partial charge on any atom is 0.0702 e. The molecule has 1 aromatic heterocycles. The van der Waals surface area contributed by atoms with Crippen molar-refractivity contribution in [2.24, 2.45) is 0 Å². The lowest BCUT2D eigenvalue weighted by Gasteiger charge is -2.21. The smallest absolute Gasteiger partial charge is 0.0702 e. The molecule has 2 nitrogen and oxygen atoms in total. The quantitative estimate of drug-likeness (QED) is 0.932. The van der Waals surface area contributed by atoms with Crippen molar-refractivity contribution in [3.05, 3.63) is 50.6 Å². The first kappa shape index (κ1) is 12.6. The summed E-state index contributed by atoms with van der Waals surface area (Å²) in [6.07, 6.45) is 0. The summed E-state index contributed by atoms with van der Waals surface area (Å²) in [4.78, 5) is 2.15. The van der Waals surface area contributed by atoms with E-state index in [0.29, 0.717) is 0 Å². The highest BCUT2D eigenvalue weighted by Gasteiger charge is 2.07. The summed E-state index contributed by atoms with van der Waals surface area (Å²) in [7, 11) is 2.04. The van der Waals surface area contributed by atoms with Crippen LogP contribution >= 0.6 is 27.3 Å². The van der Waals surface area contributed by atoms with Crippen LogP contribution in [0.15, 0.2) is 39.5 Å². The molecule has 0 fully saturated rings. The monoisotopic (exact) mass is 311 g/mol. The zero-order valence-corrected chi connectivity index (χ0v) is 12.0. The van der Waals surface area contributed by atoms with Gasteiger partial charge in [0.05, 0.1) is 10.4 Å². The van der Waals surface area contributed by atoms with Gasteiger partial charge in [-0.05, 0) is 39.0 Å². The van der Waals surface area contributed by atoms with Crippen molar-refractivity contribution in [2.75, 3.05) is 11.9 Å². The van der Waals surface area contributed by atoms with Gasteiger partial charge < -0.3 is 10.0 Å². The third kappa shape index (κ3) is 3.09. The van der Waals surface area contributed by atoms with E-state index in [0.717, 1.165) is 21.6 Å². The predicted octanol–water partition coefficient (Wildman–Crippen LogP) is 3.64. The molecule has 0 unspecified atom stereocenters. The SMILES string of the molecule is CN(Cc1csc(Br)c1)c1ccccc1CO. The highest BCUT2D eigenvalue weighted by molar-refractivity contribution is 9.11. The van der Waals surface area contributed by atoms with Crippen LogP contribution in [0.4, 0.5) is 5.69 Å². The van der Waals surface area contributed by atoms with Gasteiger partial charge in [0.2, 0.25) is 0 Å². The first-order valence-electron chi connectivity index (χ1n) is 5.33. The second kappa shape index (κ2) is 5.67. The highest BCUT2D eigenvalue weighted by Crippen LogP contribution is 2.25. The first-order valence-corrected chi connectivity index (χ1v) is 7.01. The molecule has 0 aliphatic carbocycles. The van der Waals surface area contributed by atoms with Gasteiger partial charge in [-0.3, -0.25) is 0 Å². The van der Waals surface area contributed by atoms with Gasteiger partial charge in [0.1, 0.15) is 0 Å². The van der Waals surface area contributed by atoms with Crippen LogP contribution in [0, 0.1) is 0 Å². The molecule has 0 spiro atoms. The molecule has 2 aromatic rings. The maximum absolute atomic E-state index is 9.31. The molecule has 0 atom stereocenters. The van der Waals surface area contributed by atoms with Crippen molar-refractivity contribution < 1.29 is 5.11 Å². The van der Waals surface area contributed by atoms with Crippen LogP contribution in [0.3, 0.4) is 0 Å². The van der Waals surface area contributed by atoms with E-state index in [1.807, 2.05) is 31.3 Å². The van der Waals surface area contributed by atoms with Gasteiger partial charge in [0.15, 0.2) is 0 Å². The van der Waals surface area contributed by atoms with Crippen LogP contribution < -0.4 is 4.90 Å². The number of halogens is 1. The number of thiophene rings is 1. The van der Waals surface area contributed by atoms with Crippen molar-refractivity contribution in [1.29, 1.82) is 0 Å². The van der Waals surface area contributed by atoms with Gasteiger partial charge in [0.25, 0.3) is 0 Å².